The topological polar surface area (TPSA) is 69.4 Å². The van der Waals surface area contributed by atoms with E-state index in [1.165, 1.54) is 13.8 Å². The number of esters is 1. The van der Waals surface area contributed by atoms with Crippen LogP contribution in [0.4, 0.5) is 0 Å². The molecule has 6 heteroatoms. The lowest BCUT2D eigenvalue weighted by molar-refractivity contribution is -0.528. The molecule has 70 valence electrons. The van der Waals surface area contributed by atoms with Crippen molar-refractivity contribution < 1.29 is 14.5 Å². The Labute approximate surface area is 74.8 Å². The molecule has 0 aliphatic heterocycles. The molecule has 0 radical (unpaired) electrons. The lowest BCUT2D eigenvalue weighted by Gasteiger charge is -2.14. The van der Waals surface area contributed by atoms with E-state index >= 15 is 0 Å². The van der Waals surface area contributed by atoms with Gasteiger partial charge in [0.25, 0.3) is 0 Å². The van der Waals surface area contributed by atoms with Crippen LogP contribution in [0.2, 0.25) is 0 Å². The van der Waals surface area contributed by atoms with E-state index in [9.17, 15) is 14.9 Å². The molecule has 0 N–H and O–H groups in total. The molecule has 0 bridgehead atoms. The second-order valence-electron chi connectivity index (χ2n) is 2.33. The minimum Gasteiger partial charge on any atom is -0.454 e. The quantitative estimate of drug-likeness (QED) is 0.288. The second kappa shape index (κ2) is 4.92. The largest absolute Gasteiger partial charge is 0.454 e. The molecule has 0 aliphatic rings. The number of halogens is 1. The second-order valence-corrected chi connectivity index (χ2v) is 2.64. The van der Waals surface area contributed by atoms with Gasteiger partial charge in [0.1, 0.15) is 0 Å². The summed E-state index contributed by atoms with van der Waals surface area (Å²) in [5, 5.41) is 10.2. The number of ether oxygens (including phenoxy) is 1. The lowest BCUT2D eigenvalue weighted by Crippen LogP contribution is -2.35. The average molecular weight is 196 g/mol. The molecule has 0 spiro atoms. The predicted molar refractivity (Wildman–Crippen MR) is 42.7 cm³/mol. The van der Waals surface area contributed by atoms with Crippen LogP contribution in [-0.4, -0.2) is 28.9 Å². The number of carbonyl (C=O) groups is 1. The molecule has 0 aromatic carbocycles. The third kappa shape index (κ3) is 3.52. The third-order valence-corrected chi connectivity index (χ3v) is 1.64. The molecule has 0 aromatic heterocycles. The van der Waals surface area contributed by atoms with Crippen molar-refractivity contribution in [3.8, 4) is 0 Å². The Bertz CT molecular complexity index is 184. The molecule has 0 fully saturated rings. The normalized spacial score (nSPS) is 14.9. The van der Waals surface area contributed by atoms with Gasteiger partial charge in [-0.15, -0.1) is 11.6 Å². The van der Waals surface area contributed by atoms with Gasteiger partial charge in [-0.1, -0.05) is 0 Å². The Morgan fingerprint density at radius 2 is 2.25 bits per heavy atom. The zero-order valence-electron chi connectivity index (χ0n) is 6.82. The number of nitrogens with zero attached hydrogens (tertiary/aromatic N) is 1. The summed E-state index contributed by atoms with van der Waals surface area (Å²) in [4.78, 5) is 20.1. The van der Waals surface area contributed by atoms with Gasteiger partial charge < -0.3 is 4.74 Å². The fraction of sp³-hybridized carbons (Fsp3) is 0.833. The first-order chi connectivity index (χ1) is 5.49. The maximum Gasteiger partial charge on any atom is 0.303 e. The zero-order valence-corrected chi connectivity index (χ0v) is 7.58. The molecular weight excluding hydrogens is 186 g/mol. The first kappa shape index (κ1) is 11.2. The standard InChI is InChI=1S/C6H10ClNO4/c1-4(8(10)11)6(3-7)12-5(2)9/h4,6H,3H2,1-2H3/t4-,6+/m0/s1. The molecule has 12 heavy (non-hydrogen) atoms. The van der Waals surface area contributed by atoms with Crippen LogP contribution >= 0.6 is 11.6 Å². The van der Waals surface area contributed by atoms with E-state index in [-0.39, 0.29) is 5.88 Å². The van der Waals surface area contributed by atoms with Crippen LogP contribution < -0.4 is 0 Å². The lowest BCUT2D eigenvalue weighted by atomic mass is 10.2. The summed E-state index contributed by atoms with van der Waals surface area (Å²) in [5.74, 6) is -0.629. The van der Waals surface area contributed by atoms with Gasteiger partial charge in [0.2, 0.25) is 6.04 Å². The monoisotopic (exact) mass is 195 g/mol. The molecule has 0 saturated carbocycles. The van der Waals surface area contributed by atoms with E-state index in [0.29, 0.717) is 0 Å². The van der Waals surface area contributed by atoms with Crippen molar-refractivity contribution in [2.75, 3.05) is 5.88 Å². The van der Waals surface area contributed by atoms with Crippen LogP contribution in [0.5, 0.6) is 0 Å². The van der Waals surface area contributed by atoms with E-state index in [1.54, 1.807) is 0 Å². The molecule has 0 heterocycles. The molecular formula is C6H10ClNO4. The molecule has 5 nitrogen and oxygen atoms in total. The van der Waals surface area contributed by atoms with Crippen LogP contribution in [-0.2, 0) is 9.53 Å². The zero-order chi connectivity index (χ0) is 9.72. The third-order valence-electron chi connectivity index (χ3n) is 1.34. The van der Waals surface area contributed by atoms with E-state index in [4.69, 9.17) is 11.6 Å². The predicted octanol–water partition coefficient (Wildman–Crippen LogP) is 0.822. The first-order valence-electron chi connectivity index (χ1n) is 3.35. The Morgan fingerprint density at radius 3 is 2.50 bits per heavy atom. The highest BCUT2D eigenvalue weighted by atomic mass is 35.5. The summed E-state index contributed by atoms with van der Waals surface area (Å²) in [6.45, 7) is 2.53. The molecule has 0 saturated heterocycles. The number of rotatable bonds is 4. The van der Waals surface area contributed by atoms with E-state index < -0.39 is 23.0 Å². The van der Waals surface area contributed by atoms with Gasteiger partial charge in [0.15, 0.2) is 6.10 Å². The highest BCUT2D eigenvalue weighted by Crippen LogP contribution is 2.05. The summed E-state index contributed by atoms with van der Waals surface area (Å²) in [5.41, 5.74) is 0. The number of carbonyl (C=O) groups excluding carboxylic acids is 1. The number of hydrogen-bond donors (Lipinski definition) is 0. The van der Waals surface area contributed by atoms with Crippen LogP contribution in [0.15, 0.2) is 0 Å². The van der Waals surface area contributed by atoms with Crippen molar-refractivity contribution in [3.63, 3.8) is 0 Å². The molecule has 0 unspecified atom stereocenters. The first-order valence-corrected chi connectivity index (χ1v) is 3.89. The highest BCUT2D eigenvalue weighted by molar-refractivity contribution is 6.18. The minimum absolute atomic E-state index is 0.0677. The maximum atomic E-state index is 10.4. The Morgan fingerprint density at radius 1 is 1.75 bits per heavy atom. The Hall–Kier alpha value is -0.840. The van der Waals surface area contributed by atoms with Crippen molar-refractivity contribution in [2.45, 2.75) is 26.0 Å². The van der Waals surface area contributed by atoms with E-state index in [2.05, 4.69) is 4.74 Å². The van der Waals surface area contributed by atoms with Gasteiger partial charge in [0.05, 0.1) is 5.88 Å². The Kier molecular flexibility index (Phi) is 4.58. The SMILES string of the molecule is CC(=O)O[C@H](CCl)[C@H](C)[N+](=O)[O-]. The van der Waals surface area contributed by atoms with Gasteiger partial charge in [0, 0.05) is 18.8 Å². The summed E-state index contributed by atoms with van der Waals surface area (Å²) in [6, 6.07) is -0.966. The fourth-order valence-electron chi connectivity index (χ4n) is 0.608. The van der Waals surface area contributed by atoms with Crippen LogP contribution in [0.1, 0.15) is 13.8 Å². The molecule has 2 atom stereocenters. The molecule has 0 aromatic rings. The van der Waals surface area contributed by atoms with Gasteiger partial charge >= 0.3 is 5.97 Å². The van der Waals surface area contributed by atoms with Crippen LogP contribution in [0, 0.1) is 10.1 Å². The van der Waals surface area contributed by atoms with Crippen molar-refractivity contribution in [1.29, 1.82) is 0 Å². The molecule has 0 amide bonds. The van der Waals surface area contributed by atoms with E-state index in [0.717, 1.165) is 0 Å². The summed E-state index contributed by atoms with van der Waals surface area (Å²) < 4.78 is 4.61. The summed E-state index contributed by atoms with van der Waals surface area (Å²) >= 11 is 5.37. The molecule has 0 rings (SSSR count). The highest BCUT2D eigenvalue weighted by Gasteiger charge is 2.28. The van der Waals surface area contributed by atoms with E-state index in [1.807, 2.05) is 0 Å². The smallest absolute Gasteiger partial charge is 0.303 e. The van der Waals surface area contributed by atoms with Crippen LogP contribution in [0.25, 0.3) is 0 Å². The average Bonchev–Trinajstić information content (AvgIpc) is 1.98. The summed E-state index contributed by atoms with van der Waals surface area (Å²) in [6.07, 6.45) is -0.848. The Balaban J connectivity index is 4.14. The van der Waals surface area contributed by atoms with Crippen molar-refractivity contribution in [2.24, 2.45) is 0 Å². The van der Waals surface area contributed by atoms with Crippen LogP contribution in [0.3, 0.4) is 0 Å². The van der Waals surface area contributed by atoms with Gasteiger partial charge in [-0.25, -0.2) is 0 Å². The van der Waals surface area contributed by atoms with Crippen molar-refractivity contribution in [1.82, 2.24) is 0 Å². The van der Waals surface area contributed by atoms with Gasteiger partial charge in [-0.3, -0.25) is 14.9 Å². The summed E-state index contributed by atoms with van der Waals surface area (Å²) in [7, 11) is 0. The molecule has 0 aliphatic carbocycles. The number of alkyl halides is 1. The maximum absolute atomic E-state index is 10.4. The van der Waals surface area contributed by atoms with Crippen molar-refractivity contribution >= 4 is 17.6 Å². The van der Waals surface area contributed by atoms with Gasteiger partial charge in [-0.05, 0) is 0 Å². The van der Waals surface area contributed by atoms with Crippen molar-refractivity contribution in [3.05, 3.63) is 10.1 Å². The van der Waals surface area contributed by atoms with Gasteiger partial charge in [-0.2, -0.15) is 0 Å². The minimum atomic E-state index is -0.966. The number of hydrogen-bond acceptors (Lipinski definition) is 4. The number of nitro groups is 1. The fourth-order valence-corrected chi connectivity index (χ4v) is 0.929.